The van der Waals surface area contributed by atoms with Gasteiger partial charge in [0.2, 0.25) is 0 Å². The van der Waals surface area contributed by atoms with Crippen LogP contribution in [0.4, 0.5) is 5.69 Å². The van der Waals surface area contributed by atoms with Gasteiger partial charge < -0.3 is 10.5 Å². The summed E-state index contributed by atoms with van der Waals surface area (Å²) in [6.45, 7) is 0.584. The van der Waals surface area contributed by atoms with Gasteiger partial charge >= 0.3 is 0 Å². The van der Waals surface area contributed by atoms with E-state index < -0.39 is 0 Å². The molecule has 2 rings (SSSR count). The molecule has 0 aliphatic carbocycles. The number of nitrogens with zero attached hydrogens (tertiary/aromatic N) is 1. The molecule has 1 aromatic carbocycles. The average molecular weight is 281 g/mol. The number of halogens is 1. The first-order chi connectivity index (χ1) is 8.75. The molecule has 0 atom stereocenters. The van der Waals surface area contributed by atoms with E-state index >= 15 is 0 Å². The molecule has 0 aliphatic rings. The first kappa shape index (κ1) is 13.1. The number of aromatic nitrogens is 1. The Morgan fingerprint density at radius 3 is 2.78 bits per heavy atom. The summed E-state index contributed by atoms with van der Waals surface area (Å²) in [4.78, 5) is 4.20. The number of hydrogen-bond donors (Lipinski definition) is 1. The molecule has 18 heavy (non-hydrogen) atoms. The Labute approximate surface area is 115 Å². The van der Waals surface area contributed by atoms with Gasteiger partial charge in [-0.25, -0.2) is 4.98 Å². The van der Waals surface area contributed by atoms with Crippen LogP contribution in [0.2, 0.25) is 5.02 Å². The van der Waals surface area contributed by atoms with E-state index in [4.69, 9.17) is 22.1 Å². The molecular formula is C13H13ClN2OS. The highest BCUT2D eigenvalue weighted by Gasteiger charge is 2.00. The summed E-state index contributed by atoms with van der Waals surface area (Å²) in [5.74, 6) is 1.52. The van der Waals surface area contributed by atoms with Crippen molar-refractivity contribution in [1.29, 1.82) is 0 Å². The third-order valence-corrected chi connectivity index (χ3v) is 3.41. The highest BCUT2D eigenvalue weighted by atomic mass is 35.5. The topological polar surface area (TPSA) is 48.1 Å². The lowest BCUT2D eigenvalue weighted by molar-refractivity contribution is 0.344. The smallest absolute Gasteiger partial charge is 0.137 e. The van der Waals surface area contributed by atoms with E-state index in [1.54, 1.807) is 18.0 Å². The molecule has 0 saturated heterocycles. The van der Waals surface area contributed by atoms with Crippen LogP contribution < -0.4 is 10.5 Å². The van der Waals surface area contributed by atoms with Crippen LogP contribution in [0.15, 0.2) is 47.6 Å². The lowest BCUT2D eigenvalue weighted by Gasteiger charge is -2.07. The molecule has 94 valence electrons. The zero-order valence-corrected chi connectivity index (χ0v) is 11.2. The van der Waals surface area contributed by atoms with Gasteiger partial charge in [-0.2, -0.15) is 0 Å². The number of ether oxygens (including phenoxy) is 1. The van der Waals surface area contributed by atoms with Crippen molar-refractivity contribution in [2.75, 3.05) is 18.1 Å². The summed E-state index contributed by atoms with van der Waals surface area (Å²) >= 11 is 7.60. The minimum atomic E-state index is 0.584. The van der Waals surface area contributed by atoms with E-state index in [2.05, 4.69) is 4.98 Å². The molecule has 0 radical (unpaired) electrons. The fourth-order valence-corrected chi connectivity index (χ4v) is 2.19. The number of rotatable bonds is 5. The number of nitrogen functional groups attached to an aromatic ring is 1. The van der Waals surface area contributed by atoms with Crippen molar-refractivity contribution in [3.63, 3.8) is 0 Å². The predicted molar refractivity (Wildman–Crippen MR) is 76.3 cm³/mol. The quantitative estimate of drug-likeness (QED) is 0.673. The number of pyridine rings is 1. The van der Waals surface area contributed by atoms with Gasteiger partial charge in [0.1, 0.15) is 5.75 Å². The largest absolute Gasteiger partial charge is 0.491 e. The molecule has 2 N–H and O–H groups in total. The summed E-state index contributed by atoms with van der Waals surface area (Å²) < 4.78 is 5.58. The molecule has 0 amide bonds. The Balaban J connectivity index is 1.76. The van der Waals surface area contributed by atoms with Crippen LogP contribution in [0.3, 0.4) is 0 Å². The maximum absolute atomic E-state index is 5.98. The van der Waals surface area contributed by atoms with Crippen LogP contribution in [-0.2, 0) is 0 Å². The number of nitrogens with two attached hydrogens (primary N) is 1. The van der Waals surface area contributed by atoms with Crippen molar-refractivity contribution in [2.45, 2.75) is 5.03 Å². The Morgan fingerprint density at radius 2 is 2.06 bits per heavy atom. The van der Waals surface area contributed by atoms with E-state index in [-0.39, 0.29) is 0 Å². The third-order valence-electron chi connectivity index (χ3n) is 2.19. The lowest BCUT2D eigenvalue weighted by Crippen LogP contribution is -2.00. The number of anilines is 1. The van der Waals surface area contributed by atoms with E-state index in [1.165, 1.54) is 0 Å². The van der Waals surface area contributed by atoms with Crippen LogP contribution in [-0.4, -0.2) is 17.3 Å². The monoisotopic (exact) mass is 280 g/mol. The maximum atomic E-state index is 5.98. The Kier molecular flexibility index (Phi) is 4.73. The maximum Gasteiger partial charge on any atom is 0.137 e. The third kappa shape index (κ3) is 3.82. The minimum absolute atomic E-state index is 0.584. The van der Waals surface area contributed by atoms with Gasteiger partial charge in [0.05, 0.1) is 28.5 Å². The number of thioether (sulfide) groups is 1. The Bertz CT molecular complexity index is 505. The minimum Gasteiger partial charge on any atom is -0.491 e. The van der Waals surface area contributed by atoms with Crippen molar-refractivity contribution in [1.82, 2.24) is 4.98 Å². The van der Waals surface area contributed by atoms with Gasteiger partial charge in [-0.1, -0.05) is 23.7 Å². The van der Waals surface area contributed by atoms with E-state index in [0.29, 0.717) is 23.1 Å². The molecule has 1 aromatic heterocycles. The van der Waals surface area contributed by atoms with Gasteiger partial charge in [-0.15, -0.1) is 11.8 Å². The normalized spacial score (nSPS) is 10.3. The highest BCUT2D eigenvalue weighted by Crippen LogP contribution is 2.23. The van der Waals surface area contributed by atoms with Crippen LogP contribution in [0.25, 0.3) is 0 Å². The van der Waals surface area contributed by atoms with Gasteiger partial charge in [-0.3, -0.25) is 0 Å². The van der Waals surface area contributed by atoms with Crippen LogP contribution in [0.5, 0.6) is 5.75 Å². The van der Waals surface area contributed by atoms with Crippen molar-refractivity contribution in [3.05, 3.63) is 47.6 Å². The standard InChI is InChI=1S/C13H13ClN2OS/c14-11-3-1-2-4-12(11)17-7-8-18-13-6-5-10(15)9-16-13/h1-6,9H,7-8,15H2. The second-order valence-electron chi connectivity index (χ2n) is 3.56. The summed E-state index contributed by atoms with van der Waals surface area (Å²) in [7, 11) is 0. The summed E-state index contributed by atoms with van der Waals surface area (Å²) in [6, 6.07) is 11.2. The second-order valence-corrected chi connectivity index (χ2v) is 5.08. The van der Waals surface area contributed by atoms with E-state index in [1.807, 2.05) is 36.4 Å². The average Bonchev–Trinajstić information content (AvgIpc) is 2.39. The molecule has 2 aromatic rings. The van der Waals surface area contributed by atoms with Gasteiger partial charge in [0.15, 0.2) is 0 Å². The zero-order chi connectivity index (χ0) is 12.8. The molecule has 0 bridgehead atoms. The van der Waals surface area contributed by atoms with Crippen LogP contribution in [0, 0.1) is 0 Å². The molecule has 5 heteroatoms. The van der Waals surface area contributed by atoms with Gasteiger partial charge in [-0.05, 0) is 24.3 Å². The van der Waals surface area contributed by atoms with Gasteiger partial charge in [0, 0.05) is 5.75 Å². The fraction of sp³-hybridized carbons (Fsp3) is 0.154. The Morgan fingerprint density at radius 1 is 1.22 bits per heavy atom. The number of para-hydroxylation sites is 1. The van der Waals surface area contributed by atoms with E-state index in [9.17, 15) is 0 Å². The van der Waals surface area contributed by atoms with Crippen LogP contribution >= 0.6 is 23.4 Å². The Hall–Kier alpha value is -1.39. The lowest BCUT2D eigenvalue weighted by atomic mass is 10.3. The summed E-state index contributed by atoms with van der Waals surface area (Å²) in [5, 5.41) is 1.57. The zero-order valence-electron chi connectivity index (χ0n) is 9.67. The fourth-order valence-electron chi connectivity index (χ4n) is 1.34. The molecule has 0 spiro atoms. The molecule has 0 aliphatic heterocycles. The number of benzene rings is 1. The first-order valence-electron chi connectivity index (χ1n) is 5.47. The SMILES string of the molecule is Nc1ccc(SCCOc2ccccc2Cl)nc1. The molecule has 1 heterocycles. The highest BCUT2D eigenvalue weighted by molar-refractivity contribution is 7.99. The molecule has 3 nitrogen and oxygen atoms in total. The summed E-state index contributed by atoms with van der Waals surface area (Å²) in [6.07, 6.45) is 1.65. The second kappa shape index (κ2) is 6.52. The first-order valence-corrected chi connectivity index (χ1v) is 6.84. The predicted octanol–water partition coefficient (Wildman–Crippen LogP) is 3.49. The van der Waals surface area contributed by atoms with E-state index in [0.717, 1.165) is 10.8 Å². The number of hydrogen-bond acceptors (Lipinski definition) is 4. The van der Waals surface area contributed by atoms with Crippen molar-refractivity contribution >= 4 is 29.1 Å². The van der Waals surface area contributed by atoms with Crippen molar-refractivity contribution in [2.24, 2.45) is 0 Å². The summed E-state index contributed by atoms with van der Waals surface area (Å²) in [5.41, 5.74) is 6.24. The van der Waals surface area contributed by atoms with Crippen molar-refractivity contribution < 1.29 is 4.74 Å². The van der Waals surface area contributed by atoms with Crippen LogP contribution in [0.1, 0.15) is 0 Å². The molecule has 0 saturated carbocycles. The molecule has 0 fully saturated rings. The van der Waals surface area contributed by atoms with Gasteiger partial charge in [0.25, 0.3) is 0 Å². The van der Waals surface area contributed by atoms with Crippen molar-refractivity contribution in [3.8, 4) is 5.75 Å². The molecular weight excluding hydrogens is 268 g/mol. The molecule has 0 unspecified atom stereocenters.